The Balaban J connectivity index is 2.61. The van der Waals surface area contributed by atoms with Crippen LogP contribution < -0.4 is 4.72 Å². The first-order valence-electron chi connectivity index (χ1n) is 5.58. The van der Waals surface area contributed by atoms with Gasteiger partial charge in [-0.25, -0.2) is 18.1 Å². The topological polar surface area (TPSA) is 84.2 Å². The molecule has 2 N–H and O–H groups in total. The molecular weight excluding hydrogens is 242 g/mol. The lowest BCUT2D eigenvalue weighted by atomic mass is 10.0. The van der Waals surface area contributed by atoms with Gasteiger partial charge in [-0.2, -0.15) is 0 Å². The number of hydrogen-bond acceptors (Lipinski definition) is 4. The number of sulfonamides is 1. The molecule has 0 saturated carbocycles. The van der Waals surface area contributed by atoms with E-state index in [1.807, 2.05) is 6.92 Å². The Morgan fingerprint density at radius 3 is 2.76 bits per heavy atom. The fourth-order valence-electron chi connectivity index (χ4n) is 1.46. The van der Waals surface area contributed by atoms with Crippen LogP contribution in [0.25, 0.3) is 0 Å². The van der Waals surface area contributed by atoms with Gasteiger partial charge in [0, 0.05) is 26.4 Å². The minimum atomic E-state index is -3.53. The van der Waals surface area contributed by atoms with Crippen molar-refractivity contribution in [3.05, 3.63) is 12.5 Å². The van der Waals surface area contributed by atoms with Crippen LogP contribution in [0.4, 0.5) is 0 Å². The van der Waals surface area contributed by atoms with Crippen molar-refractivity contribution in [3.8, 4) is 0 Å². The van der Waals surface area contributed by atoms with Crippen LogP contribution in [-0.4, -0.2) is 36.2 Å². The van der Waals surface area contributed by atoms with Crippen molar-refractivity contribution in [2.75, 3.05) is 13.2 Å². The van der Waals surface area contributed by atoms with Crippen LogP contribution in [0.2, 0.25) is 0 Å². The highest BCUT2D eigenvalue weighted by Gasteiger charge is 2.18. The molecule has 0 aliphatic carbocycles. The number of rotatable bonds is 7. The summed E-state index contributed by atoms with van der Waals surface area (Å²) >= 11 is 0. The Bertz CT molecular complexity index is 441. The Labute approximate surface area is 102 Å². The minimum absolute atomic E-state index is 0.0267. The van der Waals surface area contributed by atoms with Crippen LogP contribution in [0.3, 0.4) is 0 Å². The molecule has 1 aromatic heterocycles. The largest absolute Gasteiger partial charge is 0.396 e. The zero-order chi connectivity index (χ0) is 12.9. The van der Waals surface area contributed by atoms with E-state index >= 15 is 0 Å². The molecule has 1 rings (SSSR count). The Morgan fingerprint density at radius 1 is 1.59 bits per heavy atom. The van der Waals surface area contributed by atoms with Gasteiger partial charge in [0.05, 0.1) is 6.33 Å². The predicted molar refractivity (Wildman–Crippen MR) is 63.9 cm³/mol. The number of aromatic nitrogens is 2. The molecule has 0 aromatic carbocycles. The van der Waals surface area contributed by atoms with Gasteiger partial charge in [0.1, 0.15) is 0 Å². The predicted octanol–water partition coefficient (Wildman–Crippen LogP) is 0.107. The molecule has 0 aliphatic rings. The second-order valence-corrected chi connectivity index (χ2v) is 5.73. The number of aryl methyl sites for hydroxylation is 1. The van der Waals surface area contributed by atoms with Crippen molar-refractivity contribution in [2.24, 2.45) is 13.0 Å². The average Bonchev–Trinajstić information content (AvgIpc) is 2.72. The summed E-state index contributed by atoms with van der Waals surface area (Å²) in [4.78, 5) is 3.80. The molecule has 0 radical (unpaired) electrons. The lowest BCUT2D eigenvalue weighted by molar-refractivity contribution is 0.254. The summed E-state index contributed by atoms with van der Waals surface area (Å²) in [5.74, 6) is 0.151. The van der Waals surface area contributed by atoms with E-state index in [1.165, 1.54) is 12.5 Å². The number of aliphatic hydroxyl groups excluding tert-OH is 1. The maximum absolute atomic E-state index is 11.8. The summed E-state index contributed by atoms with van der Waals surface area (Å²) in [7, 11) is -1.81. The molecule has 0 aliphatic heterocycles. The second kappa shape index (κ2) is 6.13. The summed E-state index contributed by atoms with van der Waals surface area (Å²) in [6.45, 7) is 2.37. The van der Waals surface area contributed by atoms with E-state index in [0.717, 1.165) is 6.42 Å². The van der Waals surface area contributed by atoms with E-state index in [-0.39, 0.29) is 17.6 Å². The van der Waals surface area contributed by atoms with Gasteiger partial charge in [0.15, 0.2) is 5.03 Å². The highest BCUT2D eigenvalue weighted by atomic mass is 32.2. The normalized spacial score (nSPS) is 13.8. The molecule has 98 valence electrons. The summed E-state index contributed by atoms with van der Waals surface area (Å²) in [5, 5.41) is 8.85. The van der Waals surface area contributed by atoms with Crippen molar-refractivity contribution in [1.29, 1.82) is 0 Å². The first kappa shape index (κ1) is 14.1. The number of hydrogen-bond donors (Lipinski definition) is 2. The monoisotopic (exact) mass is 261 g/mol. The fourth-order valence-corrected chi connectivity index (χ4v) is 2.56. The number of imidazole rings is 1. The molecule has 17 heavy (non-hydrogen) atoms. The van der Waals surface area contributed by atoms with Gasteiger partial charge in [-0.05, 0) is 12.3 Å². The van der Waals surface area contributed by atoms with Crippen molar-refractivity contribution >= 4 is 10.0 Å². The summed E-state index contributed by atoms with van der Waals surface area (Å²) < 4.78 is 27.7. The molecule has 0 fully saturated rings. The Morgan fingerprint density at radius 2 is 2.29 bits per heavy atom. The van der Waals surface area contributed by atoms with E-state index < -0.39 is 10.0 Å². The lowest BCUT2D eigenvalue weighted by Crippen LogP contribution is -2.30. The van der Waals surface area contributed by atoms with E-state index in [9.17, 15) is 8.42 Å². The van der Waals surface area contributed by atoms with Gasteiger partial charge >= 0.3 is 0 Å². The minimum Gasteiger partial charge on any atom is -0.396 e. The van der Waals surface area contributed by atoms with Gasteiger partial charge in [-0.3, -0.25) is 0 Å². The zero-order valence-electron chi connectivity index (χ0n) is 10.1. The maximum Gasteiger partial charge on any atom is 0.259 e. The molecule has 1 unspecified atom stereocenters. The van der Waals surface area contributed by atoms with Gasteiger partial charge in [0.2, 0.25) is 0 Å². The smallest absolute Gasteiger partial charge is 0.259 e. The quantitative estimate of drug-likeness (QED) is 0.729. The number of nitrogens with one attached hydrogen (secondary N) is 1. The first-order valence-corrected chi connectivity index (χ1v) is 7.06. The van der Waals surface area contributed by atoms with Crippen LogP contribution in [0, 0.1) is 5.92 Å². The van der Waals surface area contributed by atoms with Crippen LogP contribution in [0.5, 0.6) is 0 Å². The molecule has 1 atom stereocenters. The molecule has 1 aromatic rings. The fraction of sp³-hybridized carbons (Fsp3) is 0.700. The summed E-state index contributed by atoms with van der Waals surface area (Å²) in [6, 6.07) is 0. The van der Waals surface area contributed by atoms with E-state index in [0.29, 0.717) is 13.0 Å². The zero-order valence-corrected chi connectivity index (χ0v) is 10.9. The third-order valence-electron chi connectivity index (χ3n) is 2.63. The second-order valence-electron chi connectivity index (χ2n) is 4.02. The Kier molecular flexibility index (Phi) is 5.10. The summed E-state index contributed by atoms with van der Waals surface area (Å²) in [6.07, 6.45) is 4.32. The molecular formula is C10H19N3O3S. The van der Waals surface area contributed by atoms with Gasteiger partial charge in [0.25, 0.3) is 10.0 Å². The van der Waals surface area contributed by atoms with E-state index in [4.69, 9.17) is 5.11 Å². The van der Waals surface area contributed by atoms with Crippen molar-refractivity contribution in [2.45, 2.75) is 24.8 Å². The molecule has 0 amide bonds. The Hall–Kier alpha value is -0.920. The maximum atomic E-state index is 11.8. The highest BCUT2D eigenvalue weighted by Crippen LogP contribution is 2.09. The van der Waals surface area contributed by atoms with Crippen LogP contribution in [-0.2, 0) is 17.1 Å². The van der Waals surface area contributed by atoms with Gasteiger partial charge in [-0.15, -0.1) is 0 Å². The molecule has 1 heterocycles. The van der Waals surface area contributed by atoms with E-state index in [2.05, 4.69) is 9.71 Å². The molecule has 0 saturated heterocycles. The standard InChI is InChI=1S/C10H19N3O3S/c1-3-9(4-5-14)6-12-17(15,16)10-7-13(2)8-11-10/h7-9,12,14H,3-6H2,1-2H3. The van der Waals surface area contributed by atoms with Gasteiger partial charge < -0.3 is 9.67 Å². The van der Waals surface area contributed by atoms with Crippen LogP contribution in [0.15, 0.2) is 17.6 Å². The molecule has 7 heteroatoms. The molecule has 0 bridgehead atoms. The van der Waals surface area contributed by atoms with E-state index in [1.54, 1.807) is 11.6 Å². The average molecular weight is 261 g/mol. The van der Waals surface area contributed by atoms with Crippen LogP contribution in [0.1, 0.15) is 19.8 Å². The third-order valence-corrected chi connectivity index (χ3v) is 3.94. The van der Waals surface area contributed by atoms with Crippen molar-refractivity contribution in [1.82, 2.24) is 14.3 Å². The first-order chi connectivity index (χ1) is 7.99. The van der Waals surface area contributed by atoms with Crippen molar-refractivity contribution < 1.29 is 13.5 Å². The highest BCUT2D eigenvalue weighted by molar-refractivity contribution is 7.89. The summed E-state index contributed by atoms with van der Waals surface area (Å²) in [5.41, 5.74) is 0. The molecule has 0 spiro atoms. The number of nitrogens with zero attached hydrogens (tertiary/aromatic N) is 2. The molecule has 6 nitrogen and oxygen atoms in total. The van der Waals surface area contributed by atoms with Crippen molar-refractivity contribution in [3.63, 3.8) is 0 Å². The lowest BCUT2D eigenvalue weighted by Gasteiger charge is -2.13. The SMILES string of the molecule is CCC(CCO)CNS(=O)(=O)c1cn(C)cn1. The third kappa shape index (κ3) is 4.10. The van der Waals surface area contributed by atoms with Crippen LogP contribution >= 0.6 is 0 Å². The van der Waals surface area contributed by atoms with Gasteiger partial charge in [-0.1, -0.05) is 13.3 Å². The number of aliphatic hydroxyl groups is 1.